The molecular formula is C19H12F5N3O. The van der Waals surface area contributed by atoms with E-state index in [1.807, 2.05) is 0 Å². The third-order valence-electron chi connectivity index (χ3n) is 3.67. The molecule has 2 aromatic carbocycles. The van der Waals surface area contributed by atoms with Gasteiger partial charge in [0.15, 0.2) is 11.6 Å². The van der Waals surface area contributed by atoms with Crippen LogP contribution in [0, 0.1) is 11.6 Å². The zero-order valence-electron chi connectivity index (χ0n) is 14.0. The third kappa shape index (κ3) is 4.61. The average molecular weight is 393 g/mol. The van der Waals surface area contributed by atoms with E-state index in [0.717, 1.165) is 24.3 Å². The standard InChI is InChI=1S/C19H12F5N3O/c20-15-6-5-13(9-16(15)21)27-18(28)17-10-14(7-8-25-17)26-12-3-1-11(2-4-12)19(22,23)24/h1-10H,(H,25,26)(H,27,28). The number of aromatic nitrogens is 1. The Hall–Kier alpha value is -3.49. The van der Waals surface area contributed by atoms with E-state index in [9.17, 15) is 26.7 Å². The fourth-order valence-corrected chi connectivity index (χ4v) is 2.31. The van der Waals surface area contributed by atoms with E-state index in [-0.39, 0.29) is 11.4 Å². The summed E-state index contributed by atoms with van der Waals surface area (Å²) in [6.07, 6.45) is -3.10. The molecule has 0 aliphatic carbocycles. The predicted molar refractivity (Wildman–Crippen MR) is 93.3 cm³/mol. The Kier molecular flexibility index (Phi) is 5.25. The van der Waals surface area contributed by atoms with Gasteiger partial charge in [-0.05, 0) is 48.5 Å². The Bertz CT molecular complexity index is 1000. The van der Waals surface area contributed by atoms with Crippen molar-refractivity contribution in [1.29, 1.82) is 0 Å². The van der Waals surface area contributed by atoms with E-state index in [4.69, 9.17) is 0 Å². The largest absolute Gasteiger partial charge is 0.416 e. The van der Waals surface area contributed by atoms with Gasteiger partial charge in [-0.3, -0.25) is 9.78 Å². The number of carbonyl (C=O) groups is 1. The highest BCUT2D eigenvalue weighted by molar-refractivity contribution is 6.03. The van der Waals surface area contributed by atoms with Gasteiger partial charge in [0.25, 0.3) is 5.91 Å². The quantitative estimate of drug-likeness (QED) is 0.586. The molecular weight excluding hydrogens is 381 g/mol. The van der Waals surface area contributed by atoms with Gasteiger partial charge in [0, 0.05) is 29.3 Å². The number of benzene rings is 2. The number of pyridine rings is 1. The number of halogens is 5. The second-order valence-electron chi connectivity index (χ2n) is 5.71. The first-order valence-corrected chi connectivity index (χ1v) is 7.89. The minimum absolute atomic E-state index is 0.0263. The van der Waals surface area contributed by atoms with Crippen LogP contribution < -0.4 is 10.6 Å². The minimum atomic E-state index is -4.43. The first kappa shape index (κ1) is 19.3. The van der Waals surface area contributed by atoms with Crippen LogP contribution in [0.4, 0.5) is 39.0 Å². The molecule has 9 heteroatoms. The van der Waals surface area contributed by atoms with Gasteiger partial charge in [-0.25, -0.2) is 8.78 Å². The van der Waals surface area contributed by atoms with Crippen LogP contribution in [0.2, 0.25) is 0 Å². The van der Waals surface area contributed by atoms with E-state index >= 15 is 0 Å². The van der Waals surface area contributed by atoms with Gasteiger partial charge in [0.05, 0.1) is 5.56 Å². The van der Waals surface area contributed by atoms with Crippen molar-refractivity contribution in [2.24, 2.45) is 0 Å². The summed E-state index contributed by atoms with van der Waals surface area (Å²) in [5, 5.41) is 5.24. The van der Waals surface area contributed by atoms with Crippen molar-refractivity contribution in [2.75, 3.05) is 10.6 Å². The van der Waals surface area contributed by atoms with E-state index < -0.39 is 29.3 Å². The lowest BCUT2D eigenvalue weighted by Crippen LogP contribution is -2.14. The Labute approximate surface area is 156 Å². The molecule has 0 unspecified atom stereocenters. The number of nitrogens with zero attached hydrogens (tertiary/aromatic N) is 1. The number of amides is 1. The van der Waals surface area contributed by atoms with Crippen molar-refractivity contribution in [1.82, 2.24) is 4.98 Å². The van der Waals surface area contributed by atoms with Crippen LogP contribution in [0.5, 0.6) is 0 Å². The minimum Gasteiger partial charge on any atom is -0.355 e. The Morgan fingerprint density at radius 3 is 2.14 bits per heavy atom. The van der Waals surface area contributed by atoms with E-state index in [2.05, 4.69) is 15.6 Å². The summed E-state index contributed by atoms with van der Waals surface area (Å²) in [6.45, 7) is 0. The van der Waals surface area contributed by atoms with Crippen LogP contribution in [0.3, 0.4) is 0 Å². The van der Waals surface area contributed by atoms with Crippen LogP contribution in [0.25, 0.3) is 0 Å². The highest BCUT2D eigenvalue weighted by Crippen LogP contribution is 2.30. The van der Waals surface area contributed by atoms with Crippen molar-refractivity contribution < 1.29 is 26.7 Å². The maximum absolute atomic E-state index is 13.2. The molecule has 4 nitrogen and oxygen atoms in total. The van der Waals surface area contributed by atoms with Gasteiger partial charge < -0.3 is 10.6 Å². The molecule has 28 heavy (non-hydrogen) atoms. The first-order valence-electron chi connectivity index (χ1n) is 7.89. The second-order valence-corrected chi connectivity index (χ2v) is 5.71. The first-order chi connectivity index (χ1) is 13.2. The predicted octanol–water partition coefficient (Wildman–Crippen LogP) is 5.37. The van der Waals surface area contributed by atoms with Gasteiger partial charge in [0.2, 0.25) is 0 Å². The molecule has 0 aliphatic heterocycles. The van der Waals surface area contributed by atoms with Gasteiger partial charge >= 0.3 is 6.18 Å². The number of anilines is 3. The molecule has 1 heterocycles. The molecule has 0 bridgehead atoms. The molecule has 144 valence electrons. The number of nitrogens with one attached hydrogen (secondary N) is 2. The molecule has 0 fully saturated rings. The summed E-state index contributed by atoms with van der Waals surface area (Å²) in [7, 11) is 0. The SMILES string of the molecule is O=C(Nc1ccc(F)c(F)c1)c1cc(Nc2ccc(C(F)(F)F)cc2)ccn1. The summed E-state index contributed by atoms with van der Waals surface area (Å²) in [5.41, 5.74) is 0.0316. The summed E-state index contributed by atoms with van der Waals surface area (Å²) >= 11 is 0. The van der Waals surface area contributed by atoms with E-state index in [1.165, 1.54) is 36.5 Å². The number of hydrogen-bond acceptors (Lipinski definition) is 3. The summed E-state index contributed by atoms with van der Waals surface area (Å²) in [6, 6.07) is 10.2. The highest BCUT2D eigenvalue weighted by atomic mass is 19.4. The molecule has 3 aromatic rings. The fourth-order valence-electron chi connectivity index (χ4n) is 2.31. The lowest BCUT2D eigenvalue weighted by molar-refractivity contribution is -0.137. The zero-order valence-corrected chi connectivity index (χ0v) is 14.0. The molecule has 3 rings (SSSR count). The lowest BCUT2D eigenvalue weighted by atomic mass is 10.2. The van der Waals surface area contributed by atoms with Crippen LogP contribution in [-0.4, -0.2) is 10.9 Å². The third-order valence-corrected chi connectivity index (χ3v) is 3.67. The van der Waals surface area contributed by atoms with Gasteiger partial charge in [0.1, 0.15) is 5.69 Å². The second kappa shape index (κ2) is 7.63. The van der Waals surface area contributed by atoms with E-state index in [0.29, 0.717) is 11.4 Å². The van der Waals surface area contributed by atoms with Crippen molar-refractivity contribution in [3.05, 3.63) is 83.7 Å². The molecule has 0 aliphatic rings. The Morgan fingerprint density at radius 1 is 0.821 bits per heavy atom. The molecule has 1 aromatic heterocycles. The van der Waals surface area contributed by atoms with Gasteiger partial charge in [-0.2, -0.15) is 13.2 Å². The summed E-state index contributed by atoms with van der Waals surface area (Å²) in [5.74, 6) is -2.82. The number of rotatable bonds is 4. The normalized spacial score (nSPS) is 11.2. The van der Waals surface area contributed by atoms with Crippen LogP contribution in [0.1, 0.15) is 16.1 Å². The number of hydrogen-bond donors (Lipinski definition) is 2. The Balaban J connectivity index is 1.72. The monoisotopic (exact) mass is 393 g/mol. The Morgan fingerprint density at radius 2 is 1.50 bits per heavy atom. The molecule has 0 saturated heterocycles. The maximum atomic E-state index is 13.2. The zero-order chi connectivity index (χ0) is 20.3. The summed E-state index contributed by atoms with van der Waals surface area (Å²) in [4.78, 5) is 16.1. The highest BCUT2D eigenvalue weighted by Gasteiger charge is 2.29. The average Bonchev–Trinajstić information content (AvgIpc) is 2.65. The smallest absolute Gasteiger partial charge is 0.355 e. The van der Waals surface area contributed by atoms with Crippen LogP contribution >= 0.6 is 0 Å². The number of alkyl halides is 3. The topological polar surface area (TPSA) is 54.0 Å². The molecule has 0 saturated carbocycles. The number of carbonyl (C=O) groups excluding carboxylic acids is 1. The molecule has 0 spiro atoms. The van der Waals surface area contributed by atoms with Crippen molar-refractivity contribution >= 4 is 23.0 Å². The molecule has 2 N–H and O–H groups in total. The molecule has 0 radical (unpaired) electrons. The molecule has 0 atom stereocenters. The summed E-state index contributed by atoms with van der Waals surface area (Å²) < 4.78 is 63.9. The lowest BCUT2D eigenvalue weighted by Gasteiger charge is -2.10. The van der Waals surface area contributed by atoms with Crippen LogP contribution in [0.15, 0.2) is 60.8 Å². The van der Waals surface area contributed by atoms with Crippen molar-refractivity contribution in [3.8, 4) is 0 Å². The van der Waals surface area contributed by atoms with Gasteiger partial charge in [-0.15, -0.1) is 0 Å². The fraction of sp³-hybridized carbons (Fsp3) is 0.0526. The van der Waals surface area contributed by atoms with Crippen molar-refractivity contribution in [2.45, 2.75) is 6.18 Å². The van der Waals surface area contributed by atoms with E-state index in [1.54, 1.807) is 0 Å². The molecule has 1 amide bonds. The van der Waals surface area contributed by atoms with Crippen LogP contribution in [-0.2, 0) is 6.18 Å². The maximum Gasteiger partial charge on any atom is 0.416 e. The van der Waals surface area contributed by atoms with Gasteiger partial charge in [-0.1, -0.05) is 0 Å². The van der Waals surface area contributed by atoms with Crippen molar-refractivity contribution in [3.63, 3.8) is 0 Å².